The third-order valence-electron chi connectivity index (χ3n) is 5.39. The summed E-state index contributed by atoms with van der Waals surface area (Å²) in [5.74, 6) is 0.811. The second kappa shape index (κ2) is 8.17. The molecule has 122 valence electrons. The van der Waals surface area contributed by atoms with Crippen molar-refractivity contribution in [2.75, 3.05) is 6.61 Å². The quantitative estimate of drug-likeness (QED) is 0.589. The minimum atomic E-state index is -0.395. The van der Waals surface area contributed by atoms with Gasteiger partial charge in [0.1, 0.15) is 5.54 Å². The van der Waals surface area contributed by atoms with Crippen LogP contribution < -0.4 is 5.32 Å². The number of carbonyl (C=O) groups is 1. The van der Waals surface area contributed by atoms with Crippen molar-refractivity contribution in [3.05, 3.63) is 0 Å². The molecule has 0 aliphatic heterocycles. The van der Waals surface area contributed by atoms with Crippen LogP contribution in [0.1, 0.15) is 84.5 Å². The lowest BCUT2D eigenvalue weighted by Gasteiger charge is -2.34. The lowest BCUT2D eigenvalue weighted by molar-refractivity contribution is -0.152. The maximum Gasteiger partial charge on any atom is 0.326 e. The SMILES string of the molecule is CCCC1CCCC(NC2CCCC2)(C(=O)OCC)CC1. The fourth-order valence-corrected chi connectivity index (χ4v) is 4.25. The first-order valence-corrected chi connectivity index (χ1v) is 9.15. The lowest BCUT2D eigenvalue weighted by Crippen LogP contribution is -2.56. The van der Waals surface area contributed by atoms with Crippen LogP contribution in [-0.4, -0.2) is 24.2 Å². The van der Waals surface area contributed by atoms with E-state index in [-0.39, 0.29) is 5.97 Å². The first-order chi connectivity index (χ1) is 10.2. The Balaban J connectivity index is 2.05. The number of ether oxygens (including phenoxy) is 1. The van der Waals surface area contributed by atoms with Crippen molar-refractivity contribution in [3.8, 4) is 0 Å². The zero-order valence-electron chi connectivity index (χ0n) is 14.0. The Morgan fingerprint density at radius 1 is 1.10 bits per heavy atom. The molecular weight excluding hydrogens is 262 g/mol. The molecule has 3 heteroatoms. The van der Waals surface area contributed by atoms with Gasteiger partial charge in [-0.1, -0.05) is 45.4 Å². The van der Waals surface area contributed by atoms with Crippen LogP contribution in [0, 0.1) is 5.92 Å². The molecule has 0 aromatic carbocycles. The average Bonchev–Trinajstić information content (AvgIpc) is 2.88. The molecule has 0 bridgehead atoms. The van der Waals surface area contributed by atoms with E-state index in [1.54, 1.807) is 0 Å². The molecule has 0 aromatic heterocycles. The second-order valence-corrected chi connectivity index (χ2v) is 7.01. The van der Waals surface area contributed by atoms with E-state index >= 15 is 0 Å². The maximum atomic E-state index is 12.6. The molecule has 2 rings (SSSR count). The average molecular weight is 295 g/mol. The minimum Gasteiger partial charge on any atom is -0.465 e. The Labute approximate surface area is 130 Å². The Hall–Kier alpha value is -0.570. The van der Waals surface area contributed by atoms with Gasteiger partial charge in [-0.3, -0.25) is 10.1 Å². The second-order valence-electron chi connectivity index (χ2n) is 7.01. The Morgan fingerprint density at radius 2 is 1.86 bits per heavy atom. The molecule has 0 aromatic rings. The Bertz CT molecular complexity index is 325. The number of rotatable bonds is 6. The van der Waals surface area contributed by atoms with Crippen molar-refractivity contribution in [3.63, 3.8) is 0 Å². The first kappa shape index (κ1) is 16.8. The smallest absolute Gasteiger partial charge is 0.326 e. The van der Waals surface area contributed by atoms with E-state index in [9.17, 15) is 4.79 Å². The zero-order valence-corrected chi connectivity index (χ0v) is 14.0. The number of nitrogens with one attached hydrogen (secondary N) is 1. The summed E-state index contributed by atoms with van der Waals surface area (Å²) >= 11 is 0. The van der Waals surface area contributed by atoms with Crippen LogP contribution in [0.4, 0.5) is 0 Å². The van der Waals surface area contributed by atoms with E-state index in [1.807, 2.05) is 6.92 Å². The van der Waals surface area contributed by atoms with Crippen LogP contribution in [-0.2, 0) is 9.53 Å². The molecule has 0 radical (unpaired) electrons. The molecule has 2 unspecified atom stereocenters. The fraction of sp³-hybridized carbons (Fsp3) is 0.944. The topological polar surface area (TPSA) is 38.3 Å². The Morgan fingerprint density at radius 3 is 2.52 bits per heavy atom. The van der Waals surface area contributed by atoms with Crippen LogP contribution in [0.2, 0.25) is 0 Å². The number of esters is 1. The summed E-state index contributed by atoms with van der Waals surface area (Å²) in [5, 5.41) is 3.74. The van der Waals surface area contributed by atoms with E-state index in [4.69, 9.17) is 4.74 Å². The highest BCUT2D eigenvalue weighted by molar-refractivity contribution is 5.81. The van der Waals surface area contributed by atoms with Crippen LogP contribution in [0.15, 0.2) is 0 Å². The molecule has 0 saturated heterocycles. The third-order valence-corrected chi connectivity index (χ3v) is 5.39. The summed E-state index contributed by atoms with van der Waals surface area (Å²) in [6.45, 7) is 4.67. The van der Waals surface area contributed by atoms with Crippen LogP contribution in [0.3, 0.4) is 0 Å². The van der Waals surface area contributed by atoms with Crippen molar-refractivity contribution in [1.29, 1.82) is 0 Å². The van der Waals surface area contributed by atoms with E-state index in [0.717, 1.165) is 25.2 Å². The molecule has 2 aliphatic carbocycles. The summed E-state index contributed by atoms with van der Waals surface area (Å²) in [4.78, 5) is 12.6. The van der Waals surface area contributed by atoms with Crippen LogP contribution in [0.5, 0.6) is 0 Å². The van der Waals surface area contributed by atoms with Gasteiger partial charge in [-0.15, -0.1) is 0 Å². The normalized spacial score (nSPS) is 31.0. The standard InChI is InChI=1S/C18H33NO2/c1-3-8-15-9-7-13-18(14-12-15,17(20)21-4-2)19-16-10-5-6-11-16/h15-16,19H,3-14H2,1-2H3. The van der Waals surface area contributed by atoms with Gasteiger partial charge < -0.3 is 4.74 Å². The highest BCUT2D eigenvalue weighted by Gasteiger charge is 2.42. The number of hydrogen-bond donors (Lipinski definition) is 1. The van der Waals surface area contributed by atoms with Crippen molar-refractivity contribution in [2.24, 2.45) is 5.92 Å². The summed E-state index contributed by atoms with van der Waals surface area (Å²) in [5.41, 5.74) is -0.395. The van der Waals surface area contributed by atoms with E-state index in [1.165, 1.54) is 51.4 Å². The highest BCUT2D eigenvalue weighted by atomic mass is 16.5. The van der Waals surface area contributed by atoms with E-state index < -0.39 is 5.54 Å². The molecule has 0 amide bonds. The molecule has 21 heavy (non-hydrogen) atoms. The minimum absolute atomic E-state index is 0.00838. The van der Waals surface area contributed by atoms with Gasteiger partial charge in [-0.05, 0) is 44.9 Å². The molecule has 2 saturated carbocycles. The molecule has 2 aliphatic rings. The molecule has 0 spiro atoms. The van der Waals surface area contributed by atoms with Crippen molar-refractivity contribution >= 4 is 5.97 Å². The fourth-order valence-electron chi connectivity index (χ4n) is 4.25. The predicted octanol–water partition coefficient (Wildman–Crippen LogP) is 4.20. The van der Waals surface area contributed by atoms with Gasteiger partial charge in [-0.25, -0.2) is 0 Å². The molecule has 1 N–H and O–H groups in total. The highest BCUT2D eigenvalue weighted by Crippen LogP contribution is 2.35. The largest absolute Gasteiger partial charge is 0.465 e. The third kappa shape index (κ3) is 4.45. The van der Waals surface area contributed by atoms with Gasteiger partial charge in [-0.2, -0.15) is 0 Å². The summed E-state index contributed by atoms with van der Waals surface area (Å²) in [6, 6.07) is 0.525. The van der Waals surface area contributed by atoms with Crippen LogP contribution in [0.25, 0.3) is 0 Å². The maximum absolute atomic E-state index is 12.6. The van der Waals surface area contributed by atoms with Crippen molar-refractivity contribution in [2.45, 2.75) is 96.1 Å². The molecular formula is C18H33NO2. The molecule has 0 heterocycles. The van der Waals surface area contributed by atoms with Gasteiger partial charge in [0.2, 0.25) is 0 Å². The molecule has 2 atom stereocenters. The van der Waals surface area contributed by atoms with Gasteiger partial charge in [0.15, 0.2) is 0 Å². The van der Waals surface area contributed by atoms with Gasteiger partial charge in [0, 0.05) is 6.04 Å². The summed E-state index contributed by atoms with van der Waals surface area (Å²) < 4.78 is 5.44. The monoisotopic (exact) mass is 295 g/mol. The van der Waals surface area contributed by atoms with Gasteiger partial charge >= 0.3 is 5.97 Å². The number of hydrogen-bond acceptors (Lipinski definition) is 3. The predicted molar refractivity (Wildman–Crippen MR) is 86.2 cm³/mol. The lowest BCUT2D eigenvalue weighted by atomic mass is 9.87. The van der Waals surface area contributed by atoms with Gasteiger partial charge in [0.05, 0.1) is 6.61 Å². The molecule has 2 fully saturated rings. The van der Waals surface area contributed by atoms with E-state index in [0.29, 0.717) is 12.6 Å². The first-order valence-electron chi connectivity index (χ1n) is 9.15. The Kier molecular flexibility index (Phi) is 6.53. The van der Waals surface area contributed by atoms with Crippen LogP contribution >= 0.6 is 0 Å². The van der Waals surface area contributed by atoms with Gasteiger partial charge in [0.25, 0.3) is 0 Å². The van der Waals surface area contributed by atoms with Crippen molar-refractivity contribution < 1.29 is 9.53 Å². The zero-order chi connectivity index (χ0) is 15.1. The molecule has 3 nitrogen and oxygen atoms in total. The summed E-state index contributed by atoms with van der Waals surface area (Å²) in [6.07, 6.45) is 13.1. The number of carbonyl (C=O) groups excluding carboxylic acids is 1. The summed E-state index contributed by atoms with van der Waals surface area (Å²) in [7, 11) is 0. The van der Waals surface area contributed by atoms with E-state index in [2.05, 4.69) is 12.2 Å². The van der Waals surface area contributed by atoms with Crippen molar-refractivity contribution in [1.82, 2.24) is 5.32 Å².